The van der Waals surface area contributed by atoms with Gasteiger partial charge in [-0.05, 0) is 67.1 Å². The molecular formula is C16H29N. The van der Waals surface area contributed by atoms with E-state index in [9.17, 15) is 0 Å². The van der Waals surface area contributed by atoms with E-state index in [4.69, 9.17) is 5.73 Å². The Bertz CT molecular complexity index is 303. The van der Waals surface area contributed by atoms with Crippen molar-refractivity contribution >= 4 is 0 Å². The van der Waals surface area contributed by atoms with Crippen LogP contribution in [0.1, 0.15) is 72.1 Å². The van der Waals surface area contributed by atoms with Gasteiger partial charge in [0.15, 0.2) is 0 Å². The smallest absolute Gasteiger partial charge is 0.00959 e. The summed E-state index contributed by atoms with van der Waals surface area (Å²) in [6.45, 7) is 7.37. The van der Waals surface area contributed by atoms with Gasteiger partial charge in [-0.3, -0.25) is 0 Å². The summed E-state index contributed by atoms with van der Waals surface area (Å²) in [5.41, 5.74) is 8.36. The second-order valence-corrected chi connectivity index (χ2v) is 8.39. The molecule has 0 radical (unpaired) electrons. The van der Waals surface area contributed by atoms with Crippen LogP contribution in [0.25, 0.3) is 0 Å². The van der Waals surface area contributed by atoms with Gasteiger partial charge in [0.1, 0.15) is 0 Å². The fourth-order valence-electron chi connectivity index (χ4n) is 6.57. The topological polar surface area (TPSA) is 26.0 Å². The highest BCUT2D eigenvalue weighted by Crippen LogP contribution is 2.70. The Morgan fingerprint density at radius 2 is 1.65 bits per heavy atom. The predicted octanol–water partition coefficient (Wildman–Crippen LogP) is 4.11. The lowest BCUT2D eigenvalue weighted by Gasteiger charge is -2.67. The van der Waals surface area contributed by atoms with Crippen LogP contribution in [-0.4, -0.2) is 6.04 Å². The fraction of sp³-hybridized carbons (Fsp3) is 1.00. The molecule has 4 rings (SSSR count). The Balaban J connectivity index is 1.92. The third kappa shape index (κ3) is 1.77. The number of hydrogen-bond donors (Lipinski definition) is 1. The SMILES string of the molecule is CCCC(N)C12CC3CC(C)(CC(C)(C3)C1)C2. The van der Waals surface area contributed by atoms with Gasteiger partial charge in [0.25, 0.3) is 0 Å². The van der Waals surface area contributed by atoms with Gasteiger partial charge in [0.2, 0.25) is 0 Å². The first kappa shape index (κ1) is 12.0. The van der Waals surface area contributed by atoms with Gasteiger partial charge < -0.3 is 5.73 Å². The van der Waals surface area contributed by atoms with Crippen LogP contribution in [0.4, 0.5) is 0 Å². The lowest BCUT2D eigenvalue weighted by Crippen LogP contribution is -2.60. The molecule has 0 aliphatic heterocycles. The van der Waals surface area contributed by atoms with E-state index in [1.54, 1.807) is 0 Å². The van der Waals surface area contributed by atoms with Crippen LogP contribution in [0.3, 0.4) is 0 Å². The van der Waals surface area contributed by atoms with Crippen molar-refractivity contribution in [3.05, 3.63) is 0 Å². The van der Waals surface area contributed by atoms with Crippen LogP contribution >= 0.6 is 0 Å². The lowest BCUT2D eigenvalue weighted by molar-refractivity contribution is -0.154. The average Bonchev–Trinajstić information content (AvgIpc) is 2.11. The Morgan fingerprint density at radius 3 is 2.12 bits per heavy atom. The highest BCUT2D eigenvalue weighted by molar-refractivity contribution is 5.12. The third-order valence-electron chi connectivity index (χ3n) is 6.06. The van der Waals surface area contributed by atoms with Crippen LogP contribution in [0.15, 0.2) is 0 Å². The molecular weight excluding hydrogens is 206 g/mol. The largest absolute Gasteiger partial charge is 0.327 e. The van der Waals surface area contributed by atoms with E-state index in [-0.39, 0.29) is 0 Å². The average molecular weight is 235 g/mol. The van der Waals surface area contributed by atoms with Crippen molar-refractivity contribution in [1.29, 1.82) is 0 Å². The number of nitrogens with two attached hydrogens (primary N) is 1. The van der Waals surface area contributed by atoms with Gasteiger partial charge in [0.05, 0.1) is 0 Å². The van der Waals surface area contributed by atoms with Gasteiger partial charge in [-0.15, -0.1) is 0 Å². The molecule has 0 amide bonds. The Kier molecular flexibility index (Phi) is 2.47. The molecule has 1 heteroatoms. The zero-order valence-corrected chi connectivity index (χ0v) is 11.9. The van der Waals surface area contributed by atoms with Crippen LogP contribution in [0.2, 0.25) is 0 Å². The van der Waals surface area contributed by atoms with Crippen LogP contribution < -0.4 is 5.73 Å². The molecule has 4 aliphatic rings. The van der Waals surface area contributed by atoms with E-state index >= 15 is 0 Å². The van der Waals surface area contributed by atoms with Gasteiger partial charge in [-0.1, -0.05) is 27.2 Å². The minimum atomic E-state index is 0.467. The molecule has 3 unspecified atom stereocenters. The quantitative estimate of drug-likeness (QED) is 0.782. The Hall–Kier alpha value is -0.0400. The molecule has 4 saturated carbocycles. The summed E-state index contributed by atoms with van der Waals surface area (Å²) in [7, 11) is 0. The monoisotopic (exact) mass is 235 g/mol. The maximum absolute atomic E-state index is 6.60. The fourth-order valence-corrected chi connectivity index (χ4v) is 6.57. The molecule has 4 aliphatic carbocycles. The summed E-state index contributed by atoms with van der Waals surface area (Å²) < 4.78 is 0. The molecule has 0 aromatic rings. The normalized spacial score (nSPS) is 54.0. The van der Waals surface area contributed by atoms with Crippen molar-refractivity contribution in [2.75, 3.05) is 0 Å². The second kappa shape index (κ2) is 3.50. The molecule has 0 spiro atoms. The van der Waals surface area contributed by atoms with E-state index in [1.807, 2.05) is 0 Å². The molecule has 98 valence electrons. The third-order valence-corrected chi connectivity index (χ3v) is 6.06. The second-order valence-electron chi connectivity index (χ2n) is 8.39. The summed E-state index contributed by atoms with van der Waals surface area (Å²) in [5.74, 6) is 0.990. The van der Waals surface area contributed by atoms with Gasteiger partial charge in [-0.2, -0.15) is 0 Å². The van der Waals surface area contributed by atoms with Crippen molar-refractivity contribution in [1.82, 2.24) is 0 Å². The maximum Gasteiger partial charge on any atom is 0.00959 e. The molecule has 0 aromatic heterocycles. The summed E-state index contributed by atoms with van der Waals surface area (Å²) in [6, 6.07) is 0.467. The molecule has 0 heterocycles. The molecule has 1 nitrogen and oxygen atoms in total. The lowest BCUT2D eigenvalue weighted by atomic mass is 9.39. The standard InChI is InChI=1S/C16H29N/c1-4-5-13(17)16-8-12-6-14(2,10-16)9-15(3,7-12)11-16/h12-13H,4-11,17H2,1-3H3. The van der Waals surface area contributed by atoms with Crippen LogP contribution in [0, 0.1) is 22.2 Å². The molecule has 4 fully saturated rings. The van der Waals surface area contributed by atoms with E-state index < -0.39 is 0 Å². The molecule has 4 bridgehead atoms. The van der Waals surface area contributed by atoms with Gasteiger partial charge in [0, 0.05) is 6.04 Å². The van der Waals surface area contributed by atoms with E-state index in [0.717, 1.165) is 5.92 Å². The highest BCUT2D eigenvalue weighted by Gasteiger charge is 2.61. The van der Waals surface area contributed by atoms with Gasteiger partial charge >= 0.3 is 0 Å². The summed E-state index contributed by atoms with van der Waals surface area (Å²) in [6.07, 6.45) is 11.2. The van der Waals surface area contributed by atoms with Crippen molar-refractivity contribution in [2.24, 2.45) is 27.9 Å². The highest BCUT2D eigenvalue weighted by atomic mass is 14.8. The van der Waals surface area contributed by atoms with E-state index in [2.05, 4.69) is 20.8 Å². The minimum Gasteiger partial charge on any atom is -0.327 e. The molecule has 3 atom stereocenters. The Labute approximate surface area is 107 Å². The number of hydrogen-bond acceptors (Lipinski definition) is 1. The Morgan fingerprint density at radius 1 is 1.06 bits per heavy atom. The summed E-state index contributed by atoms with van der Waals surface area (Å²) >= 11 is 0. The number of rotatable bonds is 3. The van der Waals surface area contributed by atoms with E-state index in [1.165, 1.54) is 51.4 Å². The first-order valence-corrected chi connectivity index (χ1v) is 7.64. The maximum atomic E-state index is 6.60. The zero-order valence-electron chi connectivity index (χ0n) is 11.9. The van der Waals surface area contributed by atoms with Crippen LogP contribution in [0.5, 0.6) is 0 Å². The molecule has 0 aromatic carbocycles. The van der Waals surface area contributed by atoms with Gasteiger partial charge in [-0.25, -0.2) is 0 Å². The predicted molar refractivity (Wildman–Crippen MR) is 72.7 cm³/mol. The van der Waals surface area contributed by atoms with Crippen molar-refractivity contribution in [2.45, 2.75) is 78.2 Å². The van der Waals surface area contributed by atoms with Crippen molar-refractivity contribution in [3.63, 3.8) is 0 Å². The summed E-state index contributed by atoms with van der Waals surface area (Å²) in [5, 5.41) is 0. The first-order valence-electron chi connectivity index (χ1n) is 7.64. The minimum absolute atomic E-state index is 0.467. The first-order chi connectivity index (χ1) is 7.89. The molecule has 2 N–H and O–H groups in total. The van der Waals surface area contributed by atoms with Crippen molar-refractivity contribution < 1.29 is 0 Å². The molecule has 0 saturated heterocycles. The van der Waals surface area contributed by atoms with E-state index in [0.29, 0.717) is 22.3 Å². The van der Waals surface area contributed by atoms with Crippen molar-refractivity contribution in [3.8, 4) is 0 Å². The van der Waals surface area contributed by atoms with Crippen LogP contribution in [-0.2, 0) is 0 Å². The summed E-state index contributed by atoms with van der Waals surface area (Å²) in [4.78, 5) is 0. The zero-order chi connectivity index (χ0) is 12.3. The molecule has 17 heavy (non-hydrogen) atoms.